The zero-order valence-electron chi connectivity index (χ0n) is 9.85. The summed E-state index contributed by atoms with van der Waals surface area (Å²) in [6, 6.07) is 0. The summed E-state index contributed by atoms with van der Waals surface area (Å²) in [5.41, 5.74) is -1.54. The smallest absolute Gasteiger partial charge is 0.345 e. The van der Waals surface area contributed by atoms with E-state index in [4.69, 9.17) is 4.74 Å². The van der Waals surface area contributed by atoms with Crippen LogP contribution in [0.5, 0.6) is 0 Å². The van der Waals surface area contributed by atoms with Crippen LogP contribution in [0.2, 0.25) is 0 Å². The molecule has 1 aliphatic heterocycles. The number of alkyl halides is 4. The minimum atomic E-state index is -4.89. The molecule has 2 unspecified atom stereocenters. The minimum Gasteiger partial charge on any atom is -0.345 e. The standard InChI is InChI=1S/C11H13F5O2/c1-4-7(11(14,15)16)8(12)6(3)10(17-5-2)9(13)18-10/h4,6,9H,1,5H2,2-3H3/b8-7-/t6-,9?,10?/m1/s1. The molecule has 0 aromatic heterocycles. The average molecular weight is 272 g/mol. The van der Waals surface area contributed by atoms with E-state index < -0.39 is 35.6 Å². The van der Waals surface area contributed by atoms with E-state index in [0.29, 0.717) is 6.08 Å². The minimum absolute atomic E-state index is 0.00647. The summed E-state index contributed by atoms with van der Waals surface area (Å²) in [6.07, 6.45) is -6.48. The van der Waals surface area contributed by atoms with Gasteiger partial charge in [-0.3, -0.25) is 0 Å². The number of epoxide rings is 1. The quantitative estimate of drug-likeness (QED) is 0.433. The van der Waals surface area contributed by atoms with Crippen molar-refractivity contribution in [1.82, 2.24) is 0 Å². The van der Waals surface area contributed by atoms with E-state index in [2.05, 4.69) is 11.3 Å². The molecule has 0 aromatic carbocycles. The molecule has 1 heterocycles. The van der Waals surface area contributed by atoms with Gasteiger partial charge in [0.1, 0.15) is 5.83 Å². The Kier molecular flexibility index (Phi) is 4.17. The van der Waals surface area contributed by atoms with Gasteiger partial charge < -0.3 is 9.47 Å². The zero-order chi connectivity index (χ0) is 14.1. The van der Waals surface area contributed by atoms with Gasteiger partial charge in [0.2, 0.25) is 5.79 Å². The molecule has 1 aliphatic rings. The Balaban J connectivity index is 3.06. The third-order valence-corrected chi connectivity index (χ3v) is 2.67. The van der Waals surface area contributed by atoms with E-state index in [-0.39, 0.29) is 6.61 Å². The first-order valence-electron chi connectivity index (χ1n) is 5.25. The molecule has 0 saturated carbocycles. The van der Waals surface area contributed by atoms with Gasteiger partial charge in [-0.05, 0) is 6.92 Å². The molecular weight excluding hydrogens is 259 g/mol. The van der Waals surface area contributed by atoms with E-state index in [9.17, 15) is 22.0 Å². The van der Waals surface area contributed by atoms with Gasteiger partial charge in [0.15, 0.2) is 0 Å². The first-order valence-corrected chi connectivity index (χ1v) is 5.25. The Hall–Kier alpha value is -0.950. The molecule has 0 radical (unpaired) electrons. The van der Waals surface area contributed by atoms with Gasteiger partial charge in [-0.2, -0.15) is 13.2 Å². The maximum atomic E-state index is 13.8. The van der Waals surface area contributed by atoms with Gasteiger partial charge in [0.05, 0.1) is 11.5 Å². The molecule has 2 nitrogen and oxygen atoms in total. The summed E-state index contributed by atoms with van der Waals surface area (Å²) in [6.45, 7) is 5.47. The molecule has 0 aliphatic carbocycles. The number of ether oxygens (including phenoxy) is 2. The summed E-state index contributed by atoms with van der Waals surface area (Å²) in [4.78, 5) is 0. The van der Waals surface area contributed by atoms with Crippen LogP contribution < -0.4 is 0 Å². The molecule has 1 rings (SSSR count). The topological polar surface area (TPSA) is 21.8 Å². The highest BCUT2D eigenvalue weighted by atomic mass is 19.4. The highest BCUT2D eigenvalue weighted by Gasteiger charge is 2.65. The number of allylic oxidation sites excluding steroid dienone is 2. The summed E-state index contributed by atoms with van der Waals surface area (Å²) in [5, 5.41) is 0. The van der Waals surface area contributed by atoms with Crippen LogP contribution in [0, 0.1) is 5.92 Å². The summed E-state index contributed by atoms with van der Waals surface area (Å²) < 4.78 is 73.6. The Morgan fingerprint density at radius 1 is 1.56 bits per heavy atom. The summed E-state index contributed by atoms with van der Waals surface area (Å²) in [5.74, 6) is -5.02. The van der Waals surface area contributed by atoms with Crippen molar-refractivity contribution < 1.29 is 31.4 Å². The second-order valence-electron chi connectivity index (χ2n) is 3.77. The van der Waals surface area contributed by atoms with E-state index in [1.807, 2.05) is 0 Å². The van der Waals surface area contributed by atoms with Crippen LogP contribution >= 0.6 is 0 Å². The summed E-state index contributed by atoms with van der Waals surface area (Å²) in [7, 11) is 0. The second kappa shape index (κ2) is 4.97. The van der Waals surface area contributed by atoms with Crippen molar-refractivity contribution in [1.29, 1.82) is 0 Å². The Morgan fingerprint density at radius 3 is 2.33 bits per heavy atom. The van der Waals surface area contributed by atoms with Crippen molar-refractivity contribution in [3.8, 4) is 0 Å². The van der Waals surface area contributed by atoms with Gasteiger partial charge in [0, 0.05) is 6.61 Å². The van der Waals surface area contributed by atoms with E-state index in [0.717, 1.165) is 6.92 Å². The van der Waals surface area contributed by atoms with Gasteiger partial charge in [0.25, 0.3) is 6.36 Å². The van der Waals surface area contributed by atoms with Crippen molar-refractivity contribution in [3.05, 3.63) is 24.1 Å². The monoisotopic (exact) mass is 272 g/mol. The molecule has 3 atom stereocenters. The van der Waals surface area contributed by atoms with E-state index in [1.54, 1.807) is 0 Å². The number of rotatable bonds is 5. The highest BCUT2D eigenvalue weighted by molar-refractivity contribution is 5.28. The van der Waals surface area contributed by atoms with Crippen LogP contribution in [0.1, 0.15) is 13.8 Å². The lowest BCUT2D eigenvalue weighted by molar-refractivity contribution is -0.0958. The van der Waals surface area contributed by atoms with Gasteiger partial charge in [-0.25, -0.2) is 8.78 Å². The van der Waals surface area contributed by atoms with Crippen LogP contribution in [-0.2, 0) is 9.47 Å². The lowest BCUT2D eigenvalue weighted by Gasteiger charge is -2.20. The first-order chi connectivity index (χ1) is 8.20. The fraction of sp³-hybridized carbons (Fsp3) is 0.636. The second-order valence-corrected chi connectivity index (χ2v) is 3.77. The average Bonchev–Trinajstić information content (AvgIpc) is 2.88. The first kappa shape index (κ1) is 15.1. The Labute approximate surface area is 101 Å². The van der Waals surface area contributed by atoms with Gasteiger partial charge in [-0.15, -0.1) is 0 Å². The molecule has 1 saturated heterocycles. The third kappa shape index (κ3) is 2.56. The molecule has 0 aromatic rings. The third-order valence-electron chi connectivity index (χ3n) is 2.67. The van der Waals surface area contributed by atoms with Crippen molar-refractivity contribution in [2.24, 2.45) is 5.92 Å². The van der Waals surface area contributed by atoms with E-state index in [1.165, 1.54) is 6.92 Å². The van der Waals surface area contributed by atoms with Crippen molar-refractivity contribution in [2.45, 2.75) is 32.2 Å². The molecule has 0 N–H and O–H groups in total. The van der Waals surface area contributed by atoms with Crippen LogP contribution in [-0.4, -0.2) is 24.9 Å². The number of hydrogen-bond acceptors (Lipinski definition) is 2. The predicted octanol–water partition coefficient (Wildman–Crippen LogP) is 3.65. The van der Waals surface area contributed by atoms with Crippen molar-refractivity contribution in [3.63, 3.8) is 0 Å². The van der Waals surface area contributed by atoms with Crippen LogP contribution in [0.3, 0.4) is 0 Å². The van der Waals surface area contributed by atoms with Crippen LogP contribution in [0.25, 0.3) is 0 Å². The maximum Gasteiger partial charge on any atom is 0.418 e. The Morgan fingerprint density at radius 2 is 2.06 bits per heavy atom. The van der Waals surface area contributed by atoms with Gasteiger partial charge in [-0.1, -0.05) is 19.6 Å². The molecular formula is C11H13F5O2. The van der Waals surface area contributed by atoms with Crippen molar-refractivity contribution in [2.75, 3.05) is 6.61 Å². The fourth-order valence-corrected chi connectivity index (χ4v) is 1.63. The molecule has 0 bridgehead atoms. The SMILES string of the molecule is C=C/C(=C(/F)[C@@H](C)C1(OCC)OC1F)C(F)(F)F. The highest BCUT2D eigenvalue weighted by Crippen LogP contribution is 2.49. The summed E-state index contributed by atoms with van der Waals surface area (Å²) >= 11 is 0. The lowest BCUT2D eigenvalue weighted by Crippen LogP contribution is -2.30. The normalized spacial score (nSPS) is 30.7. The van der Waals surface area contributed by atoms with E-state index >= 15 is 0 Å². The lowest BCUT2D eigenvalue weighted by atomic mass is 9.99. The maximum absolute atomic E-state index is 13.8. The molecule has 0 spiro atoms. The molecule has 1 fully saturated rings. The predicted molar refractivity (Wildman–Crippen MR) is 53.9 cm³/mol. The van der Waals surface area contributed by atoms with Crippen LogP contribution in [0.4, 0.5) is 22.0 Å². The number of hydrogen-bond donors (Lipinski definition) is 0. The molecule has 18 heavy (non-hydrogen) atoms. The van der Waals surface area contributed by atoms with Gasteiger partial charge >= 0.3 is 6.18 Å². The molecule has 7 heteroatoms. The zero-order valence-corrected chi connectivity index (χ0v) is 9.85. The Bertz CT molecular complexity index is 363. The largest absolute Gasteiger partial charge is 0.418 e. The molecule has 0 amide bonds. The van der Waals surface area contributed by atoms with Crippen LogP contribution in [0.15, 0.2) is 24.1 Å². The fourth-order valence-electron chi connectivity index (χ4n) is 1.63. The van der Waals surface area contributed by atoms with Crippen molar-refractivity contribution >= 4 is 0 Å². The molecule has 104 valence electrons. The number of halogens is 5.